The predicted molar refractivity (Wildman–Crippen MR) is 61.3 cm³/mol. The van der Waals surface area contributed by atoms with Gasteiger partial charge in [0.05, 0.1) is 13.2 Å². The fraction of sp³-hybridized carbons (Fsp3) is 0.583. The molecule has 0 aliphatic carbocycles. The molecule has 0 atom stereocenters. The third-order valence-electron chi connectivity index (χ3n) is 1.75. The molecule has 0 fully saturated rings. The molecule has 5 heteroatoms. The molecule has 0 N–H and O–H groups in total. The van der Waals surface area contributed by atoms with Crippen LogP contribution < -0.4 is 0 Å². The Balaban J connectivity index is 4.61. The van der Waals surface area contributed by atoms with Crippen LogP contribution in [0.2, 0.25) is 0 Å². The summed E-state index contributed by atoms with van der Waals surface area (Å²) in [6.45, 7) is 5.35. The largest absolute Gasteiger partial charge is 0.463 e. The Hall–Kier alpha value is -1.65. The van der Waals surface area contributed by atoms with Crippen molar-refractivity contribution in [1.29, 1.82) is 0 Å². The number of ether oxygens (including phenoxy) is 2. The summed E-state index contributed by atoms with van der Waals surface area (Å²) >= 11 is 0. The number of Topliss-reactive ketones (excluding diaryl/α,β-unsaturated/α-hetero) is 1. The molecule has 0 spiro atoms. The first kappa shape index (κ1) is 15.3. The van der Waals surface area contributed by atoms with E-state index in [0.717, 1.165) is 6.08 Å². The Morgan fingerprint density at radius 1 is 1.00 bits per heavy atom. The van der Waals surface area contributed by atoms with E-state index in [-0.39, 0.29) is 18.8 Å². The van der Waals surface area contributed by atoms with Crippen LogP contribution in [-0.4, -0.2) is 30.9 Å². The highest BCUT2D eigenvalue weighted by molar-refractivity contribution is 6.19. The van der Waals surface area contributed by atoms with Crippen molar-refractivity contribution in [2.45, 2.75) is 33.6 Å². The molecule has 0 aromatic rings. The summed E-state index contributed by atoms with van der Waals surface area (Å²) in [6, 6.07) is 0. The summed E-state index contributed by atoms with van der Waals surface area (Å²) < 4.78 is 9.54. The normalized spacial score (nSPS) is 10.9. The Labute approximate surface area is 101 Å². The first-order valence-corrected chi connectivity index (χ1v) is 5.59. The van der Waals surface area contributed by atoms with Crippen LogP contribution in [0.25, 0.3) is 0 Å². The molecule has 5 nitrogen and oxygen atoms in total. The number of hydrogen-bond donors (Lipinski definition) is 0. The van der Waals surface area contributed by atoms with Crippen LogP contribution in [-0.2, 0) is 23.9 Å². The lowest BCUT2D eigenvalue weighted by atomic mass is 10.2. The summed E-state index contributed by atoms with van der Waals surface area (Å²) in [7, 11) is 0. The summed E-state index contributed by atoms with van der Waals surface area (Å²) in [5.74, 6) is -2.00. The van der Waals surface area contributed by atoms with Crippen LogP contribution in [0.4, 0.5) is 0 Å². The summed E-state index contributed by atoms with van der Waals surface area (Å²) in [4.78, 5) is 33.9. The molecule has 0 aliphatic heterocycles. The number of hydrogen-bond acceptors (Lipinski definition) is 5. The van der Waals surface area contributed by atoms with E-state index in [1.165, 1.54) is 6.92 Å². The monoisotopic (exact) mass is 242 g/mol. The van der Waals surface area contributed by atoms with Gasteiger partial charge in [-0.15, -0.1) is 0 Å². The van der Waals surface area contributed by atoms with E-state index in [1.807, 2.05) is 13.8 Å². The molecule has 0 rings (SSSR count). The van der Waals surface area contributed by atoms with Crippen molar-refractivity contribution in [1.82, 2.24) is 0 Å². The van der Waals surface area contributed by atoms with Gasteiger partial charge in [0.2, 0.25) is 0 Å². The third kappa shape index (κ3) is 6.50. The highest BCUT2D eigenvalue weighted by Crippen LogP contribution is 2.02. The van der Waals surface area contributed by atoms with Gasteiger partial charge in [-0.2, -0.15) is 0 Å². The van der Waals surface area contributed by atoms with Crippen molar-refractivity contribution in [2.75, 3.05) is 13.2 Å². The zero-order valence-electron chi connectivity index (χ0n) is 10.4. The maximum absolute atomic E-state index is 11.4. The molecule has 0 unspecified atom stereocenters. The molecule has 0 amide bonds. The lowest BCUT2D eigenvalue weighted by Crippen LogP contribution is -2.16. The summed E-state index contributed by atoms with van der Waals surface area (Å²) in [5, 5.41) is 0. The number of carbonyl (C=O) groups is 3. The second kappa shape index (κ2) is 8.50. The molecule has 96 valence electrons. The molecule has 0 aliphatic rings. The van der Waals surface area contributed by atoms with Crippen molar-refractivity contribution in [3.05, 3.63) is 11.6 Å². The van der Waals surface area contributed by atoms with Gasteiger partial charge in [-0.05, 0) is 19.8 Å². The van der Waals surface area contributed by atoms with Crippen molar-refractivity contribution in [3.8, 4) is 0 Å². The first-order chi connectivity index (χ1) is 8.02. The van der Waals surface area contributed by atoms with Crippen LogP contribution in [0.3, 0.4) is 0 Å². The number of esters is 2. The van der Waals surface area contributed by atoms with E-state index in [9.17, 15) is 14.4 Å². The minimum atomic E-state index is -0.784. The molecule has 0 bridgehead atoms. The zero-order valence-corrected chi connectivity index (χ0v) is 10.4. The SMILES string of the molecule is CCCOC(=O)/C=C(/C(C)=O)C(=O)OCCC. The van der Waals surface area contributed by atoms with Crippen LogP contribution in [0.1, 0.15) is 33.6 Å². The summed E-state index contributed by atoms with van der Waals surface area (Å²) in [5.41, 5.74) is -0.278. The van der Waals surface area contributed by atoms with Crippen LogP contribution in [0.5, 0.6) is 0 Å². The molecule has 0 saturated heterocycles. The molecule has 0 heterocycles. The minimum Gasteiger partial charge on any atom is -0.463 e. The van der Waals surface area contributed by atoms with Gasteiger partial charge in [-0.1, -0.05) is 13.8 Å². The lowest BCUT2D eigenvalue weighted by molar-refractivity contribution is -0.142. The number of rotatable bonds is 7. The second-order valence-corrected chi connectivity index (χ2v) is 3.42. The molecule has 0 aromatic heterocycles. The van der Waals surface area contributed by atoms with Crippen LogP contribution in [0.15, 0.2) is 11.6 Å². The molecular formula is C12H18O5. The Bertz CT molecular complexity index is 317. The maximum atomic E-state index is 11.4. The Morgan fingerprint density at radius 3 is 2.00 bits per heavy atom. The molecule has 0 aromatic carbocycles. The fourth-order valence-electron chi connectivity index (χ4n) is 0.939. The molecular weight excluding hydrogens is 224 g/mol. The Kier molecular flexibility index (Phi) is 7.67. The van der Waals surface area contributed by atoms with Gasteiger partial charge in [0.1, 0.15) is 5.57 Å². The van der Waals surface area contributed by atoms with Crippen molar-refractivity contribution >= 4 is 17.7 Å². The van der Waals surface area contributed by atoms with Gasteiger partial charge >= 0.3 is 11.9 Å². The van der Waals surface area contributed by atoms with Gasteiger partial charge in [0.25, 0.3) is 0 Å². The highest BCUT2D eigenvalue weighted by atomic mass is 16.5. The van der Waals surface area contributed by atoms with E-state index in [0.29, 0.717) is 12.8 Å². The van der Waals surface area contributed by atoms with Crippen molar-refractivity contribution in [3.63, 3.8) is 0 Å². The van der Waals surface area contributed by atoms with Crippen molar-refractivity contribution in [2.24, 2.45) is 0 Å². The van der Waals surface area contributed by atoms with E-state index >= 15 is 0 Å². The zero-order chi connectivity index (χ0) is 13.3. The van der Waals surface area contributed by atoms with Gasteiger partial charge in [-0.25, -0.2) is 9.59 Å². The van der Waals surface area contributed by atoms with Gasteiger partial charge in [0.15, 0.2) is 5.78 Å². The summed E-state index contributed by atoms with van der Waals surface area (Å²) in [6.07, 6.45) is 2.21. The van der Waals surface area contributed by atoms with Crippen LogP contribution in [0, 0.1) is 0 Å². The maximum Gasteiger partial charge on any atom is 0.342 e. The van der Waals surface area contributed by atoms with Crippen LogP contribution >= 0.6 is 0 Å². The first-order valence-electron chi connectivity index (χ1n) is 5.59. The average Bonchev–Trinajstić information content (AvgIpc) is 2.29. The highest BCUT2D eigenvalue weighted by Gasteiger charge is 2.17. The number of ketones is 1. The Morgan fingerprint density at radius 2 is 1.53 bits per heavy atom. The average molecular weight is 242 g/mol. The van der Waals surface area contributed by atoms with E-state index in [4.69, 9.17) is 9.47 Å². The van der Waals surface area contributed by atoms with Gasteiger partial charge in [-0.3, -0.25) is 4.79 Å². The quantitative estimate of drug-likeness (QED) is 0.292. The van der Waals surface area contributed by atoms with E-state index < -0.39 is 17.7 Å². The minimum absolute atomic E-state index is 0.216. The molecule has 0 radical (unpaired) electrons. The second-order valence-electron chi connectivity index (χ2n) is 3.42. The standard InChI is InChI=1S/C12H18O5/c1-4-6-16-11(14)8-10(9(3)13)12(15)17-7-5-2/h8H,4-7H2,1-3H3/b10-8-. The number of carbonyl (C=O) groups excluding carboxylic acids is 3. The fourth-order valence-corrected chi connectivity index (χ4v) is 0.939. The third-order valence-corrected chi connectivity index (χ3v) is 1.75. The van der Waals surface area contributed by atoms with Gasteiger partial charge in [0, 0.05) is 6.08 Å². The smallest absolute Gasteiger partial charge is 0.342 e. The van der Waals surface area contributed by atoms with Crippen molar-refractivity contribution < 1.29 is 23.9 Å². The van der Waals surface area contributed by atoms with E-state index in [1.54, 1.807) is 0 Å². The van der Waals surface area contributed by atoms with Gasteiger partial charge < -0.3 is 9.47 Å². The lowest BCUT2D eigenvalue weighted by Gasteiger charge is -2.04. The topological polar surface area (TPSA) is 69.7 Å². The molecule has 17 heavy (non-hydrogen) atoms. The molecule has 0 saturated carbocycles. The van der Waals surface area contributed by atoms with E-state index in [2.05, 4.69) is 0 Å². The predicted octanol–water partition coefficient (Wildman–Crippen LogP) is 1.41.